The average molecular weight is 393 g/mol. The number of piperidine rings is 1. The summed E-state index contributed by atoms with van der Waals surface area (Å²) in [5.74, 6) is 0.613. The van der Waals surface area contributed by atoms with Crippen molar-refractivity contribution in [3.8, 4) is 0 Å². The summed E-state index contributed by atoms with van der Waals surface area (Å²) in [6, 6.07) is 11.3. The van der Waals surface area contributed by atoms with Crippen molar-refractivity contribution in [2.75, 3.05) is 18.4 Å². The highest BCUT2D eigenvalue weighted by Gasteiger charge is 2.16. The molecule has 8 nitrogen and oxygen atoms in total. The van der Waals surface area contributed by atoms with Crippen molar-refractivity contribution >= 4 is 28.3 Å². The molecule has 0 atom stereocenters. The van der Waals surface area contributed by atoms with Crippen LogP contribution in [0.4, 0.5) is 11.4 Å². The summed E-state index contributed by atoms with van der Waals surface area (Å²) >= 11 is 0. The number of hydrogen-bond acceptors (Lipinski definition) is 5. The van der Waals surface area contributed by atoms with Crippen LogP contribution in [0.2, 0.25) is 0 Å². The lowest BCUT2D eigenvalue weighted by molar-refractivity contribution is -0.384. The summed E-state index contributed by atoms with van der Waals surface area (Å²) in [6.45, 7) is 3.03. The number of hydrogen-bond donors (Lipinski definition) is 1. The van der Waals surface area contributed by atoms with Crippen molar-refractivity contribution in [2.45, 2.75) is 25.8 Å². The molecule has 1 aliphatic heterocycles. The molecule has 8 heteroatoms. The lowest BCUT2D eigenvalue weighted by atomic mass is 10.1. The first-order valence-corrected chi connectivity index (χ1v) is 9.75. The van der Waals surface area contributed by atoms with E-state index in [0.717, 1.165) is 36.5 Å². The van der Waals surface area contributed by atoms with Crippen LogP contribution in [-0.2, 0) is 13.6 Å². The van der Waals surface area contributed by atoms with Gasteiger partial charge in [-0.1, -0.05) is 12.5 Å². The van der Waals surface area contributed by atoms with Gasteiger partial charge in [-0.05, 0) is 50.2 Å². The number of nitrogens with one attached hydrogen (secondary N) is 1. The minimum Gasteiger partial charge on any atom is -0.330 e. The molecule has 1 aromatic heterocycles. The van der Waals surface area contributed by atoms with Crippen LogP contribution in [0.5, 0.6) is 0 Å². The van der Waals surface area contributed by atoms with Crippen molar-refractivity contribution in [3.05, 3.63) is 64.0 Å². The van der Waals surface area contributed by atoms with Crippen molar-refractivity contribution < 1.29 is 9.72 Å². The number of nitrogens with zero attached hydrogens (tertiary/aromatic N) is 4. The molecule has 0 radical (unpaired) electrons. The third-order valence-corrected chi connectivity index (χ3v) is 5.36. The molecule has 1 N–H and O–H groups in total. The number of carbonyl (C=O) groups is 1. The SMILES string of the molecule is Cn1c(CN2CCCCC2)nc2cc(NC(=O)c3cccc([N+](=O)[O-])c3)ccc21. The maximum absolute atomic E-state index is 12.5. The molecule has 3 aromatic rings. The number of amides is 1. The van der Waals surface area contributed by atoms with Gasteiger partial charge in [0.15, 0.2) is 0 Å². The molecule has 1 fully saturated rings. The number of aryl methyl sites for hydroxylation is 1. The zero-order valence-electron chi connectivity index (χ0n) is 16.3. The number of carbonyl (C=O) groups excluding carboxylic acids is 1. The van der Waals surface area contributed by atoms with Crippen molar-refractivity contribution in [1.29, 1.82) is 0 Å². The van der Waals surface area contributed by atoms with E-state index in [0.29, 0.717) is 5.69 Å². The fourth-order valence-electron chi connectivity index (χ4n) is 3.75. The van der Waals surface area contributed by atoms with Gasteiger partial charge >= 0.3 is 0 Å². The maximum atomic E-state index is 12.5. The number of nitro groups is 1. The molecule has 0 spiro atoms. The van der Waals surface area contributed by atoms with Gasteiger partial charge in [0.25, 0.3) is 11.6 Å². The van der Waals surface area contributed by atoms with Gasteiger partial charge < -0.3 is 9.88 Å². The molecular formula is C21H23N5O3. The first-order chi connectivity index (χ1) is 14.0. The molecule has 0 saturated carbocycles. The fourth-order valence-corrected chi connectivity index (χ4v) is 3.75. The monoisotopic (exact) mass is 393 g/mol. The van der Waals surface area contributed by atoms with Gasteiger partial charge in [-0.25, -0.2) is 4.98 Å². The Balaban J connectivity index is 1.53. The standard InChI is InChI=1S/C21H23N5O3/c1-24-19-9-8-16(22-21(27)15-6-5-7-17(12-15)26(28)29)13-18(19)23-20(24)14-25-10-3-2-4-11-25/h5-9,12-13H,2-4,10-11,14H2,1H3,(H,22,27). The van der Waals surface area contributed by atoms with Crippen LogP contribution in [0.1, 0.15) is 35.4 Å². The number of likely N-dealkylation sites (tertiary alicyclic amines) is 1. The summed E-state index contributed by atoms with van der Waals surface area (Å²) in [5, 5.41) is 13.7. The number of benzene rings is 2. The molecule has 29 heavy (non-hydrogen) atoms. The van der Waals surface area contributed by atoms with E-state index in [1.54, 1.807) is 6.07 Å². The third kappa shape index (κ3) is 4.12. The van der Waals surface area contributed by atoms with E-state index in [-0.39, 0.29) is 11.3 Å². The van der Waals surface area contributed by atoms with Crippen molar-refractivity contribution in [2.24, 2.45) is 7.05 Å². The first kappa shape index (κ1) is 19.1. The van der Waals surface area contributed by atoms with Crippen LogP contribution in [0, 0.1) is 10.1 Å². The van der Waals surface area contributed by atoms with Gasteiger partial charge in [-0.3, -0.25) is 19.8 Å². The number of anilines is 1. The predicted octanol–water partition coefficient (Wildman–Crippen LogP) is 3.72. The van der Waals surface area contributed by atoms with Crippen LogP contribution in [0.25, 0.3) is 11.0 Å². The number of imidazole rings is 1. The maximum Gasteiger partial charge on any atom is 0.270 e. The minimum absolute atomic E-state index is 0.111. The van der Waals surface area contributed by atoms with Crippen LogP contribution >= 0.6 is 0 Å². The number of fused-ring (bicyclic) bond motifs is 1. The number of nitro benzene ring substituents is 1. The van der Waals surface area contributed by atoms with E-state index in [9.17, 15) is 14.9 Å². The molecule has 0 aliphatic carbocycles. The fraction of sp³-hybridized carbons (Fsp3) is 0.333. The summed E-state index contributed by atoms with van der Waals surface area (Å²) in [7, 11) is 2.01. The van der Waals surface area contributed by atoms with E-state index in [1.807, 2.05) is 25.2 Å². The Labute approximate surface area is 168 Å². The highest BCUT2D eigenvalue weighted by atomic mass is 16.6. The Morgan fingerprint density at radius 3 is 2.72 bits per heavy atom. The molecule has 1 amide bonds. The minimum atomic E-state index is -0.513. The average Bonchev–Trinajstić information content (AvgIpc) is 3.03. The molecule has 0 bridgehead atoms. The normalized spacial score (nSPS) is 14.8. The first-order valence-electron chi connectivity index (χ1n) is 9.75. The lowest BCUT2D eigenvalue weighted by Gasteiger charge is -2.25. The van der Waals surface area contributed by atoms with Gasteiger partial charge in [-0.2, -0.15) is 0 Å². The van der Waals surface area contributed by atoms with Gasteiger partial charge in [0.1, 0.15) is 5.82 Å². The van der Waals surface area contributed by atoms with E-state index in [1.165, 1.54) is 37.5 Å². The van der Waals surface area contributed by atoms with Gasteiger partial charge in [0.05, 0.1) is 22.5 Å². The number of non-ortho nitro benzene ring substituents is 1. The van der Waals surface area contributed by atoms with Gasteiger partial charge in [0.2, 0.25) is 0 Å². The highest BCUT2D eigenvalue weighted by molar-refractivity contribution is 6.05. The van der Waals surface area contributed by atoms with Crippen LogP contribution in [-0.4, -0.2) is 38.4 Å². The topological polar surface area (TPSA) is 93.3 Å². The van der Waals surface area contributed by atoms with Crippen LogP contribution < -0.4 is 5.32 Å². The Kier molecular flexibility index (Phi) is 5.26. The second-order valence-corrected chi connectivity index (χ2v) is 7.39. The molecule has 1 aliphatic rings. The largest absolute Gasteiger partial charge is 0.330 e. The molecule has 0 unspecified atom stereocenters. The Bertz CT molecular complexity index is 1070. The van der Waals surface area contributed by atoms with Gasteiger partial charge in [0, 0.05) is 30.4 Å². The van der Waals surface area contributed by atoms with Crippen LogP contribution in [0.15, 0.2) is 42.5 Å². The molecule has 4 rings (SSSR count). The summed E-state index contributed by atoms with van der Waals surface area (Å²) in [6.07, 6.45) is 3.77. The lowest BCUT2D eigenvalue weighted by Crippen LogP contribution is -2.30. The molecule has 150 valence electrons. The summed E-state index contributed by atoms with van der Waals surface area (Å²) in [5.41, 5.74) is 2.56. The Hall–Kier alpha value is -3.26. The molecule has 2 heterocycles. The highest BCUT2D eigenvalue weighted by Crippen LogP contribution is 2.22. The van der Waals surface area contributed by atoms with Gasteiger partial charge in [-0.15, -0.1) is 0 Å². The summed E-state index contributed by atoms with van der Waals surface area (Å²) < 4.78 is 2.09. The van der Waals surface area contributed by atoms with E-state index < -0.39 is 10.8 Å². The number of aromatic nitrogens is 2. The van der Waals surface area contributed by atoms with Crippen molar-refractivity contribution in [3.63, 3.8) is 0 Å². The van der Waals surface area contributed by atoms with E-state index >= 15 is 0 Å². The Morgan fingerprint density at radius 2 is 1.97 bits per heavy atom. The molecule has 2 aromatic carbocycles. The van der Waals surface area contributed by atoms with Crippen molar-refractivity contribution in [1.82, 2.24) is 14.5 Å². The van der Waals surface area contributed by atoms with E-state index in [4.69, 9.17) is 4.98 Å². The second kappa shape index (κ2) is 8.00. The predicted molar refractivity (Wildman–Crippen MR) is 111 cm³/mol. The zero-order valence-corrected chi connectivity index (χ0v) is 16.3. The van der Waals surface area contributed by atoms with E-state index in [2.05, 4.69) is 14.8 Å². The smallest absolute Gasteiger partial charge is 0.270 e. The van der Waals surface area contributed by atoms with Crippen LogP contribution in [0.3, 0.4) is 0 Å². The summed E-state index contributed by atoms with van der Waals surface area (Å²) in [4.78, 5) is 30.1. The molecular weight excluding hydrogens is 370 g/mol. The quantitative estimate of drug-likeness (QED) is 0.527. The number of rotatable bonds is 5. The molecule has 1 saturated heterocycles. The zero-order chi connectivity index (χ0) is 20.4. The second-order valence-electron chi connectivity index (χ2n) is 7.39. The third-order valence-electron chi connectivity index (χ3n) is 5.36. The Morgan fingerprint density at radius 1 is 1.17 bits per heavy atom.